The maximum atomic E-state index is 10.5. The van der Waals surface area contributed by atoms with Gasteiger partial charge in [0.2, 0.25) is 0 Å². The minimum absolute atomic E-state index is 0.234. The second-order valence-electron chi connectivity index (χ2n) is 6.00. The Bertz CT molecular complexity index is 379. The minimum atomic E-state index is -0.356. The van der Waals surface area contributed by atoms with Crippen molar-refractivity contribution in [2.24, 2.45) is 11.8 Å². The first kappa shape index (κ1) is 12.2. The van der Waals surface area contributed by atoms with E-state index in [0.29, 0.717) is 0 Å². The van der Waals surface area contributed by atoms with E-state index in [1.807, 2.05) is 30.3 Å². The number of likely N-dealkylation sites (tertiary alicyclic amines) is 1. The molecule has 0 spiro atoms. The average Bonchev–Trinajstić information content (AvgIpc) is 2.99. The summed E-state index contributed by atoms with van der Waals surface area (Å²) in [5.41, 5.74) is 1.04. The molecule has 0 aromatic heterocycles. The Kier molecular flexibility index (Phi) is 3.40. The summed E-state index contributed by atoms with van der Waals surface area (Å²) < 4.78 is 0. The SMILES string of the molecule is CC(C(O)c1ccccc1)N1CC2CCCC2C1. The zero-order valence-corrected chi connectivity index (χ0v) is 11.1. The molecule has 1 aliphatic carbocycles. The quantitative estimate of drug-likeness (QED) is 0.885. The molecule has 3 rings (SSSR count). The lowest BCUT2D eigenvalue weighted by Gasteiger charge is -2.29. The van der Waals surface area contributed by atoms with Gasteiger partial charge in [-0.25, -0.2) is 0 Å². The predicted octanol–water partition coefficient (Wildman–Crippen LogP) is 2.84. The van der Waals surface area contributed by atoms with E-state index in [9.17, 15) is 5.11 Å². The van der Waals surface area contributed by atoms with Crippen LogP contribution in [0.4, 0.5) is 0 Å². The van der Waals surface area contributed by atoms with Crippen molar-refractivity contribution >= 4 is 0 Å². The third-order valence-electron chi connectivity index (χ3n) is 4.93. The van der Waals surface area contributed by atoms with Crippen molar-refractivity contribution in [2.45, 2.75) is 38.3 Å². The lowest BCUT2D eigenvalue weighted by Crippen LogP contribution is -2.36. The van der Waals surface area contributed by atoms with Gasteiger partial charge in [-0.3, -0.25) is 4.90 Å². The summed E-state index contributed by atoms with van der Waals surface area (Å²) >= 11 is 0. The highest BCUT2D eigenvalue weighted by Crippen LogP contribution is 2.39. The van der Waals surface area contributed by atoms with Crippen LogP contribution in [0, 0.1) is 11.8 Å². The summed E-state index contributed by atoms with van der Waals surface area (Å²) in [4.78, 5) is 2.49. The number of aliphatic hydroxyl groups is 1. The van der Waals surface area contributed by atoms with Gasteiger partial charge >= 0.3 is 0 Å². The molecule has 1 aliphatic heterocycles. The molecule has 0 bridgehead atoms. The van der Waals surface area contributed by atoms with E-state index >= 15 is 0 Å². The summed E-state index contributed by atoms with van der Waals surface area (Å²) in [6.07, 6.45) is 3.86. The van der Waals surface area contributed by atoms with Crippen molar-refractivity contribution in [1.29, 1.82) is 0 Å². The van der Waals surface area contributed by atoms with Crippen LogP contribution in [0.3, 0.4) is 0 Å². The van der Waals surface area contributed by atoms with Gasteiger partial charge in [-0.15, -0.1) is 0 Å². The average molecular weight is 245 g/mol. The van der Waals surface area contributed by atoms with Crippen molar-refractivity contribution in [1.82, 2.24) is 4.90 Å². The third-order valence-corrected chi connectivity index (χ3v) is 4.93. The van der Waals surface area contributed by atoms with Gasteiger partial charge in [0, 0.05) is 19.1 Å². The van der Waals surface area contributed by atoms with Crippen LogP contribution < -0.4 is 0 Å². The fraction of sp³-hybridized carbons (Fsp3) is 0.625. The molecule has 0 radical (unpaired) electrons. The second kappa shape index (κ2) is 5.02. The van der Waals surface area contributed by atoms with Crippen molar-refractivity contribution in [3.05, 3.63) is 35.9 Å². The summed E-state index contributed by atoms with van der Waals surface area (Å²) in [6.45, 7) is 4.55. The molecule has 2 heteroatoms. The van der Waals surface area contributed by atoms with Gasteiger partial charge < -0.3 is 5.11 Å². The zero-order valence-electron chi connectivity index (χ0n) is 11.1. The second-order valence-corrected chi connectivity index (χ2v) is 6.00. The maximum Gasteiger partial charge on any atom is 0.0942 e. The molecule has 1 aromatic rings. The molecule has 1 N–H and O–H groups in total. The minimum Gasteiger partial charge on any atom is -0.387 e. The van der Waals surface area contributed by atoms with E-state index in [0.717, 1.165) is 17.4 Å². The Morgan fingerprint density at radius 3 is 2.33 bits per heavy atom. The number of hydrogen-bond acceptors (Lipinski definition) is 2. The van der Waals surface area contributed by atoms with E-state index in [4.69, 9.17) is 0 Å². The standard InChI is InChI=1S/C16H23NO/c1-12(16(18)13-6-3-2-4-7-13)17-10-14-8-5-9-15(14)11-17/h2-4,6-7,12,14-16,18H,5,8-11H2,1H3. The summed E-state index contributed by atoms with van der Waals surface area (Å²) in [6, 6.07) is 10.3. The van der Waals surface area contributed by atoms with E-state index in [2.05, 4.69) is 11.8 Å². The first-order valence-electron chi connectivity index (χ1n) is 7.23. The summed E-state index contributed by atoms with van der Waals surface area (Å²) in [5.74, 6) is 1.80. The monoisotopic (exact) mass is 245 g/mol. The van der Waals surface area contributed by atoms with Crippen molar-refractivity contribution in [3.8, 4) is 0 Å². The summed E-state index contributed by atoms with van der Waals surface area (Å²) in [5, 5.41) is 10.5. The van der Waals surface area contributed by atoms with Gasteiger partial charge in [0.15, 0.2) is 0 Å². The number of nitrogens with zero attached hydrogens (tertiary/aromatic N) is 1. The van der Waals surface area contributed by atoms with E-state index in [-0.39, 0.29) is 12.1 Å². The molecule has 4 unspecified atom stereocenters. The first-order valence-corrected chi connectivity index (χ1v) is 7.23. The van der Waals surface area contributed by atoms with Gasteiger partial charge in [-0.05, 0) is 37.2 Å². The van der Waals surface area contributed by atoms with E-state index < -0.39 is 0 Å². The molecule has 18 heavy (non-hydrogen) atoms. The van der Waals surface area contributed by atoms with Crippen LogP contribution in [-0.4, -0.2) is 29.1 Å². The smallest absolute Gasteiger partial charge is 0.0942 e. The fourth-order valence-electron chi connectivity index (χ4n) is 3.73. The number of aliphatic hydroxyl groups excluding tert-OH is 1. The predicted molar refractivity (Wildman–Crippen MR) is 73.3 cm³/mol. The number of hydrogen-bond donors (Lipinski definition) is 1. The van der Waals surface area contributed by atoms with Crippen LogP contribution in [0.2, 0.25) is 0 Å². The molecule has 0 amide bonds. The fourth-order valence-corrected chi connectivity index (χ4v) is 3.73. The van der Waals surface area contributed by atoms with Gasteiger partial charge in [-0.2, -0.15) is 0 Å². The number of rotatable bonds is 3. The number of fused-ring (bicyclic) bond motifs is 1. The van der Waals surface area contributed by atoms with Crippen LogP contribution >= 0.6 is 0 Å². The Labute approximate surface area is 110 Å². The molecule has 2 fully saturated rings. The maximum absolute atomic E-state index is 10.5. The normalized spacial score (nSPS) is 31.2. The molecular weight excluding hydrogens is 222 g/mol. The van der Waals surface area contributed by atoms with Crippen LogP contribution in [0.1, 0.15) is 37.9 Å². The highest BCUT2D eigenvalue weighted by Gasteiger charge is 2.39. The zero-order chi connectivity index (χ0) is 12.5. The molecule has 98 valence electrons. The van der Waals surface area contributed by atoms with Crippen LogP contribution in [0.15, 0.2) is 30.3 Å². The van der Waals surface area contributed by atoms with Gasteiger partial charge in [0.1, 0.15) is 0 Å². The highest BCUT2D eigenvalue weighted by molar-refractivity contribution is 5.18. The van der Waals surface area contributed by atoms with Crippen LogP contribution in [0.25, 0.3) is 0 Å². The van der Waals surface area contributed by atoms with Crippen LogP contribution in [-0.2, 0) is 0 Å². The number of benzene rings is 1. The Morgan fingerprint density at radius 1 is 1.11 bits per heavy atom. The molecule has 1 saturated carbocycles. The molecule has 4 atom stereocenters. The Morgan fingerprint density at radius 2 is 1.72 bits per heavy atom. The molecule has 1 saturated heterocycles. The topological polar surface area (TPSA) is 23.5 Å². The van der Waals surface area contributed by atoms with E-state index in [1.54, 1.807) is 0 Å². The first-order chi connectivity index (χ1) is 8.75. The lowest BCUT2D eigenvalue weighted by molar-refractivity contribution is 0.0670. The van der Waals surface area contributed by atoms with Crippen molar-refractivity contribution < 1.29 is 5.11 Å². The molecule has 2 nitrogen and oxygen atoms in total. The van der Waals surface area contributed by atoms with Gasteiger partial charge in [0.25, 0.3) is 0 Å². The summed E-state index contributed by atoms with van der Waals surface area (Å²) in [7, 11) is 0. The lowest BCUT2D eigenvalue weighted by atomic mass is 10.0. The molecule has 2 aliphatic rings. The molecular formula is C16H23NO. The van der Waals surface area contributed by atoms with Crippen molar-refractivity contribution in [3.63, 3.8) is 0 Å². The Hall–Kier alpha value is -0.860. The molecule has 1 heterocycles. The molecule has 1 aromatic carbocycles. The largest absolute Gasteiger partial charge is 0.387 e. The highest BCUT2D eigenvalue weighted by atomic mass is 16.3. The third kappa shape index (κ3) is 2.19. The van der Waals surface area contributed by atoms with Crippen molar-refractivity contribution in [2.75, 3.05) is 13.1 Å². The van der Waals surface area contributed by atoms with E-state index in [1.165, 1.54) is 32.4 Å². The Balaban J connectivity index is 1.66. The van der Waals surface area contributed by atoms with Gasteiger partial charge in [0.05, 0.1) is 6.10 Å². The van der Waals surface area contributed by atoms with Gasteiger partial charge in [-0.1, -0.05) is 36.8 Å². The van der Waals surface area contributed by atoms with Crippen LogP contribution in [0.5, 0.6) is 0 Å².